The first-order chi connectivity index (χ1) is 15.4. The van der Waals surface area contributed by atoms with Crippen LogP contribution in [-0.2, 0) is 11.8 Å². The van der Waals surface area contributed by atoms with Gasteiger partial charge in [-0.15, -0.1) is 0 Å². The first kappa shape index (κ1) is 21.2. The Balaban J connectivity index is 1.40. The fraction of sp³-hybridized carbons (Fsp3) is 0.609. The van der Waals surface area contributed by atoms with Crippen LogP contribution in [0, 0.1) is 0 Å². The number of ether oxygens (including phenoxy) is 1. The maximum Gasteiger partial charge on any atom is 0.387 e. The number of imidazole rings is 1. The molecule has 3 aliphatic rings. The third kappa shape index (κ3) is 3.93. The van der Waals surface area contributed by atoms with Gasteiger partial charge in [0.15, 0.2) is 11.6 Å². The van der Waals surface area contributed by atoms with Crippen LogP contribution in [0.15, 0.2) is 12.1 Å². The zero-order chi connectivity index (χ0) is 22.4. The van der Waals surface area contributed by atoms with Crippen molar-refractivity contribution in [2.24, 2.45) is 7.05 Å². The van der Waals surface area contributed by atoms with Crippen LogP contribution in [0.4, 0.5) is 8.78 Å². The highest BCUT2D eigenvalue weighted by Gasteiger charge is 2.34. The van der Waals surface area contributed by atoms with E-state index in [9.17, 15) is 18.4 Å². The molecule has 0 atom stereocenters. The second-order valence-electron chi connectivity index (χ2n) is 9.14. The molecule has 3 fully saturated rings. The number of piperazine rings is 1. The van der Waals surface area contributed by atoms with Gasteiger partial charge in [0.2, 0.25) is 5.91 Å². The molecule has 0 radical (unpaired) electrons. The van der Waals surface area contributed by atoms with Gasteiger partial charge < -0.3 is 19.1 Å². The molecule has 2 heterocycles. The minimum atomic E-state index is -2.97. The first-order valence-corrected chi connectivity index (χ1v) is 11.5. The summed E-state index contributed by atoms with van der Waals surface area (Å²) in [6, 6.07) is 3.79. The molecule has 2 amide bonds. The van der Waals surface area contributed by atoms with Crippen molar-refractivity contribution < 1.29 is 23.1 Å². The Morgan fingerprint density at radius 1 is 1.12 bits per heavy atom. The number of hydrogen-bond donors (Lipinski definition) is 0. The van der Waals surface area contributed by atoms with Crippen LogP contribution in [0.2, 0.25) is 0 Å². The Kier molecular flexibility index (Phi) is 5.51. The van der Waals surface area contributed by atoms with E-state index in [0.717, 1.165) is 44.1 Å². The van der Waals surface area contributed by atoms with E-state index in [1.165, 1.54) is 11.3 Å². The highest BCUT2D eigenvalue weighted by molar-refractivity contribution is 5.98. The standard InChI is InChI=1S/C23H28F2N4O3/c1-27-17-11-15(14-7-8-14)12-18(32-23(24)25)20(17)26-21(27)22(31)28-9-10-29(19(30)13-28)16-5-3-2-4-6-16/h11-12,14,16,23H,2-10,13H2,1H3. The number of hydrogen-bond acceptors (Lipinski definition) is 4. The summed E-state index contributed by atoms with van der Waals surface area (Å²) in [6.45, 7) is -1.99. The first-order valence-electron chi connectivity index (χ1n) is 11.5. The minimum absolute atomic E-state index is 0.00718. The Morgan fingerprint density at radius 3 is 2.53 bits per heavy atom. The number of carbonyl (C=O) groups is 2. The SMILES string of the molecule is Cn1c(C(=O)N2CCN(C3CCCCC3)C(=O)C2)nc2c(OC(F)F)cc(C3CC3)cc21. The van der Waals surface area contributed by atoms with Gasteiger partial charge in [-0.1, -0.05) is 19.3 Å². The highest BCUT2D eigenvalue weighted by atomic mass is 19.3. The number of rotatable bonds is 5. The molecule has 0 N–H and O–H groups in total. The number of fused-ring (bicyclic) bond motifs is 1. The number of aryl methyl sites for hydroxylation is 1. The van der Waals surface area contributed by atoms with E-state index >= 15 is 0 Å². The zero-order valence-corrected chi connectivity index (χ0v) is 18.2. The molecule has 2 aromatic rings. The van der Waals surface area contributed by atoms with Gasteiger partial charge >= 0.3 is 6.61 Å². The lowest BCUT2D eigenvalue weighted by Crippen LogP contribution is -2.56. The monoisotopic (exact) mass is 446 g/mol. The quantitative estimate of drug-likeness (QED) is 0.703. The van der Waals surface area contributed by atoms with Gasteiger partial charge in [-0.25, -0.2) is 4.98 Å². The summed E-state index contributed by atoms with van der Waals surface area (Å²) in [5.41, 5.74) is 1.75. The van der Waals surface area contributed by atoms with Crippen molar-refractivity contribution >= 4 is 22.8 Å². The van der Waals surface area contributed by atoms with Gasteiger partial charge in [0, 0.05) is 26.2 Å². The molecule has 172 valence electrons. The molecule has 1 aromatic heterocycles. The molecular weight excluding hydrogens is 418 g/mol. The average molecular weight is 446 g/mol. The number of nitrogens with zero attached hydrogens (tertiary/aromatic N) is 4. The number of aromatic nitrogens is 2. The molecule has 0 spiro atoms. The van der Waals surface area contributed by atoms with Gasteiger partial charge in [0.25, 0.3) is 5.91 Å². The van der Waals surface area contributed by atoms with E-state index in [2.05, 4.69) is 4.98 Å². The maximum atomic E-state index is 13.3. The number of amides is 2. The molecular formula is C23H28F2N4O3. The molecule has 0 unspecified atom stereocenters. The fourth-order valence-electron chi connectivity index (χ4n) is 5.09. The third-order valence-electron chi connectivity index (χ3n) is 6.99. The van der Waals surface area contributed by atoms with Gasteiger partial charge in [-0.05, 0) is 49.3 Å². The van der Waals surface area contributed by atoms with E-state index in [0.29, 0.717) is 24.5 Å². The average Bonchev–Trinajstić information content (AvgIpc) is 3.57. The van der Waals surface area contributed by atoms with Gasteiger partial charge in [-0.2, -0.15) is 8.78 Å². The van der Waals surface area contributed by atoms with E-state index in [1.807, 2.05) is 11.0 Å². The zero-order valence-electron chi connectivity index (χ0n) is 18.2. The molecule has 0 bridgehead atoms. The van der Waals surface area contributed by atoms with Crippen molar-refractivity contribution in [2.45, 2.75) is 63.5 Å². The van der Waals surface area contributed by atoms with Crippen molar-refractivity contribution in [3.05, 3.63) is 23.5 Å². The number of carbonyl (C=O) groups excluding carboxylic acids is 2. The summed E-state index contributed by atoms with van der Waals surface area (Å²) >= 11 is 0. The summed E-state index contributed by atoms with van der Waals surface area (Å²) in [6.07, 6.45) is 7.58. The lowest BCUT2D eigenvalue weighted by atomic mass is 9.93. The second-order valence-corrected chi connectivity index (χ2v) is 9.14. The third-order valence-corrected chi connectivity index (χ3v) is 6.99. The van der Waals surface area contributed by atoms with E-state index < -0.39 is 6.61 Å². The van der Waals surface area contributed by atoms with E-state index in [1.54, 1.807) is 17.7 Å². The molecule has 1 aliphatic heterocycles. The summed E-state index contributed by atoms with van der Waals surface area (Å²) in [4.78, 5) is 33.9. The van der Waals surface area contributed by atoms with E-state index in [4.69, 9.17) is 4.74 Å². The molecule has 9 heteroatoms. The van der Waals surface area contributed by atoms with E-state index in [-0.39, 0.29) is 41.5 Å². The van der Waals surface area contributed by atoms with Crippen LogP contribution in [-0.4, -0.2) is 63.5 Å². The summed E-state index contributed by atoms with van der Waals surface area (Å²) in [7, 11) is 1.70. The minimum Gasteiger partial charge on any atom is -0.432 e. The Morgan fingerprint density at radius 2 is 1.88 bits per heavy atom. The Bertz CT molecular complexity index is 1040. The molecule has 7 nitrogen and oxygen atoms in total. The van der Waals surface area contributed by atoms with Crippen molar-refractivity contribution in [3.8, 4) is 5.75 Å². The summed E-state index contributed by atoms with van der Waals surface area (Å²) < 4.78 is 32.4. The van der Waals surface area contributed by atoms with Crippen LogP contribution in [0.1, 0.15) is 67.0 Å². The Hall–Kier alpha value is -2.71. The van der Waals surface area contributed by atoms with Gasteiger partial charge in [0.1, 0.15) is 12.1 Å². The molecule has 2 aliphatic carbocycles. The predicted octanol–water partition coefficient (Wildman–Crippen LogP) is 3.67. The summed E-state index contributed by atoms with van der Waals surface area (Å²) in [5.74, 6) is 0.0569. The number of alkyl halides is 2. The predicted molar refractivity (Wildman–Crippen MR) is 114 cm³/mol. The van der Waals surface area contributed by atoms with Crippen molar-refractivity contribution in [2.75, 3.05) is 19.6 Å². The lowest BCUT2D eigenvalue weighted by molar-refractivity contribution is -0.138. The van der Waals surface area contributed by atoms with Crippen LogP contribution >= 0.6 is 0 Å². The van der Waals surface area contributed by atoms with Crippen LogP contribution in [0.3, 0.4) is 0 Å². The lowest BCUT2D eigenvalue weighted by Gasteiger charge is -2.40. The van der Waals surface area contributed by atoms with Crippen molar-refractivity contribution in [1.29, 1.82) is 0 Å². The molecule has 32 heavy (non-hydrogen) atoms. The topological polar surface area (TPSA) is 67.7 Å². The Labute approximate surface area is 185 Å². The number of benzene rings is 1. The molecule has 5 rings (SSSR count). The summed E-state index contributed by atoms with van der Waals surface area (Å²) in [5, 5.41) is 0. The fourth-order valence-corrected chi connectivity index (χ4v) is 5.09. The van der Waals surface area contributed by atoms with Gasteiger partial charge in [-0.3, -0.25) is 9.59 Å². The highest BCUT2D eigenvalue weighted by Crippen LogP contribution is 2.43. The molecule has 1 aromatic carbocycles. The van der Waals surface area contributed by atoms with Crippen molar-refractivity contribution in [1.82, 2.24) is 19.4 Å². The van der Waals surface area contributed by atoms with Crippen LogP contribution in [0.5, 0.6) is 5.75 Å². The number of halogens is 2. The van der Waals surface area contributed by atoms with Crippen LogP contribution in [0.25, 0.3) is 11.0 Å². The molecule has 2 saturated carbocycles. The van der Waals surface area contributed by atoms with Crippen LogP contribution < -0.4 is 4.74 Å². The maximum absolute atomic E-state index is 13.3. The smallest absolute Gasteiger partial charge is 0.387 e. The molecule has 1 saturated heterocycles. The van der Waals surface area contributed by atoms with Crippen molar-refractivity contribution in [3.63, 3.8) is 0 Å². The van der Waals surface area contributed by atoms with Gasteiger partial charge in [0.05, 0.1) is 5.52 Å². The second kappa shape index (κ2) is 8.33. The largest absolute Gasteiger partial charge is 0.432 e. The normalized spacial score (nSPS) is 20.4.